The van der Waals surface area contributed by atoms with Crippen molar-refractivity contribution in [3.05, 3.63) is 34.1 Å². The Morgan fingerprint density at radius 2 is 2.14 bits per heavy atom. The molecule has 1 saturated heterocycles. The van der Waals surface area contributed by atoms with Crippen LogP contribution in [0.15, 0.2) is 28.2 Å². The first-order valence-corrected chi connectivity index (χ1v) is 10.0. The number of rotatable bonds is 6. The molecule has 1 fully saturated rings. The second-order valence-electron chi connectivity index (χ2n) is 6.06. The normalized spacial score (nSPS) is 13.6. The summed E-state index contributed by atoms with van der Waals surface area (Å²) < 4.78 is 16.3. The summed E-state index contributed by atoms with van der Waals surface area (Å²) in [5.74, 6) is 0.618. The van der Waals surface area contributed by atoms with Gasteiger partial charge in [0, 0.05) is 18.7 Å². The maximum atomic E-state index is 12.3. The molecule has 1 aromatic heterocycles. The number of nitrogens with zero attached hydrogens (tertiary/aromatic N) is 3. The van der Waals surface area contributed by atoms with Crippen molar-refractivity contribution in [3.63, 3.8) is 0 Å². The molecule has 3 rings (SSSR count). The van der Waals surface area contributed by atoms with Crippen molar-refractivity contribution >= 4 is 17.7 Å². The molecular formula is C19H20N4O5S. The van der Waals surface area contributed by atoms with Crippen molar-refractivity contribution in [2.75, 3.05) is 46.3 Å². The van der Waals surface area contributed by atoms with Crippen LogP contribution in [0.25, 0.3) is 11.3 Å². The number of methoxy groups -OCH3 is 1. The van der Waals surface area contributed by atoms with Crippen LogP contribution in [0, 0.1) is 11.3 Å². The third-order valence-electron chi connectivity index (χ3n) is 4.35. The maximum Gasteiger partial charge on any atom is 0.270 e. The second-order valence-corrected chi connectivity index (χ2v) is 6.85. The van der Waals surface area contributed by atoms with Gasteiger partial charge in [-0.25, -0.2) is 4.98 Å². The highest BCUT2D eigenvalue weighted by Crippen LogP contribution is 2.33. The van der Waals surface area contributed by atoms with E-state index in [0.717, 1.165) is 0 Å². The second kappa shape index (κ2) is 9.45. The lowest BCUT2D eigenvalue weighted by atomic mass is 10.1. The number of morpholine rings is 1. The van der Waals surface area contributed by atoms with Gasteiger partial charge in [-0.2, -0.15) is 5.26 Å². The van der Waals surface area contributed by atoms with E-state index in [1.807, 2.05) is 6.07 Å². The van der Waals surface area contributed by atoms with Gasteiger partial charge in [0.1, 0.15) is 11.6 Å². The van der Waals surface area contributed by atoms with Crippen LogP contribution in [0.5, 0.6) is 11.5 Å². The lowest BCUT2D eigenvalue weighted by Gasteiger charge is -2.26. The zero-order chi connectivity index (χ0) is 20.8. The van der Waals surface area contributed by atoms with Crippen molar-refractivity contribution in [3.8, 4) is 28.8 Å². The van der Waals surface area contributed by atoms with E-state index in [9.17, 15) is 14.9 Å². The fourth-order valence-electron chi connectivity index (χ4n) is 2.84. The van der Waals surface area contributed by atoms with Crippen LogP contribution in [-0.4, -0.2) is 67.1 Å². The van der Waals surface area contributed by atoms with Gasteiger partial charge in [-0.1, -0.05) is 11.8 Å². The Labute approximate surface area is 171 Å². The zero-order valence-corrected chi connectivity index (χ0v) is 16.9. The SMILES string of the molecule is COc1cc(-c2nc(SC)[nH]c(=O)c2C#N)ccc1OCC(=O)N1CCOCC1. The standard InChI is InChI=1S/C19H20N4O5S/c1-26-15-9-12(17-13(10-20)18(25)22-19(21-17)29-2)3-4-14(15)28-11-16(24)23-5-7-27-8-6-23/h3-4,9H,5-8,11H2,1-2H3,(H,21,22,25). The van der Waals surface area contributed by atoms with Gasteiger partial charge in [0.25, 0.3) is 11.5 Å². The van der Waals surface area contributed by atoms with E-state index in [1.54, 1.807) is 29.4 Å². The van der Waals surface area contributed by atoms with Gasteiger partial charge < -0.3 is 24.1 Å². The minimum Gasteiger partial charge on any atom is -0.493 e. The van der Waals surface area contributed by atoms with Crippen molar-refractivity contribution < 1.29 is 19.0 Å². The minimum atomic E-state index is -0.503. The summed E-state index contributed by atoms with van der Waals surface area (Å²) in [6.07, 6.45) is 1.77. The van der Waals surface area contributed by atoms with Crippen LogP contribution in [0.3, 0.4) is 0 Å². The highest BCUT2D eigenvalue weighted by atomic mass is 32.2. The van der Waals surface area contributed by atoms with Gasteiger partial charge in [0.15, 0.2) is 23.3 Å². The predicted octanol–water partition coefficient (Wildman–Crippen LogP) is 1.28. The maximum absolute atomic E-state index is 12.3. The fourth-order valence-corrected chi connectivity index (χ4v) is 3.22. The Balaban J connectivity index is 1.84. The summed E-state index contributed by atoms with van der Waals surface area (Å²) in [6, 6.07) is 6.82. The van der Waals surface area contributed by atoms with E-state index in [0.29, 0.717) is 48.5 Å². The van der Waals surface area contributed by atoms with Gasteiger partial charge in [0.05, 0.1) is 26.0 Å². The topological polar surface area (TPSA) is 118 Å². The van der Waals surface area contributed by atoms with Crippen LogP contribution < -0.4 is 15.0 Å². The highest BCUT2D eigenvalue weighted by molar-refractivity contribution is 7.98. The van der Waals surface area contributed by atoms with E-state index in [1.165, 1.54) is 18.9 Å². The molecule has 0 radical (unpaired) electrons. The number of carbonyl (C=O) groups excluding carboxylic acids is 1. The predicted molar refractivity (Wildman–Crippen MR) is 106 cm³/mol. The lowest BCUT2D eigenvalue weighted by molar-refractivity contribution is -0.137. The van der Waals surface area contributed by atoms with Crippen LogP contribution in [0.4, 0.5) is 0 Å². The molecule has 0 bridgehead atoms. The number of carbonyl (C=O) groups is 1. The molecule has 0 aliphatic carbocycles. The van der Waals surface area contributed by atoms with Gasteiger partial charge in [-0.3, -0.25) is 9.59 Å². The fraction of sp³-hybridized carbons (Fsp3) is 0.368. The number of H-pyrrole nitrogens is 1. The third kappa shape index (κ3) is 4.70. The molecule has 2 aromatic rings. The summed E-state index contributed by atoms with van der Waals surface area (Å²) in [5, 5.41) is 9.75. The summed E-state index contributed by atoms with van der Waals surface area (Å²) in [7, 11) is 1.47. The number of hydrogen-bond acceptors (Lipinski definition) is 8. The molecule has 9 nitrogen and oxygen atoms in total. The quantitative estimate of drug-likeness (QED) is 0.553. The zero-order valence-electron chi connectivity index (χ0n) is 16.1. The number of thioether (sulfide) groups is 1. The highest BCUT2D eigenvalue weighted by Gasteiger charge is 2.19. The Hall–Kier alpha value is -3.03. The van der Waals surface area contributed by atoms with E-state index >= 15 is 0 Å². The number of aromatic amines is 1. The molecule has 1 amide bonds. The molecule has 10 heteroatoms. The average molecular weight is 416 g/mol. The van der Waals surface area contributed by atoms with Crippen LogP contribution in [0.2, 0.25) is 0 Å². The summed E-state index contributed by atoms with van der Waals surface area (Å²) in [5.41, 5.74) is 0.208. The summed E-state index contributed by atoms with van der Waals surface area (Å²) in [6.45, 7) is 2.00. The van der Waals surface area contributed by atoms with Crippen molar-refractivity contribution in [1.29, 1.82) is 5.26 Å². The molecule has 0 unspecified atom stereocenters. The summed E-state index contributed by atoms with van der Waals surface area (Å²) in [4.78, 5) is 33.0. The van der Waals surface area contributed by atoms with Gasteiger partial charge in [-0.05, 0) is 24.5 Å². The number of nitriles is 1. The van der Waals surface area contributed by atoms with E-state index < -0.39 is 5.56 Å². The molecule has 1 aliphatic rings. The van der Waals surface area contributed by atoms with Crippen LogP contribution in [0.1, 0.15) is 5.56 Å². The number of ether oxygens (including phenoxy) is 3. The third-order valence-corrected chi connectivity index (χ3v) is 4.93. The number of amides is 1. The van der Waals surface area contributed by atoms with Crippen molar-refractivity contribution in [1.82, 2.24) is 14.9 Å². The molecule has 1 aromatic carbocycles. The Morgan fingerprint density at radius 3 is 2.79 bits per heavy atom. The molecule has 1 N–H and O–H groups in total. The first-order valence-electron chi connectivity index (χ1n) is 8.82. The number of hydrogen-bond donors (Lipinski definition) is 1. The molecule has 0 spiro atoms. The molecular weight excluding hydrogens is 396 g/mol. The Bertz CT molecular complexity index is 995. The molecule has 29 heavy (non-hydrogen) atoms. The monoisotopic (exact) mass is 416 g/mol. The molecule has 0 saturated carbocycles. The molecule has 2 heterocycles. The lowest BCUT2D eigenvalue weighted by Crippen LogP contribution is -2.43. The van der Waals surface area contributed by atoms with E-state index in [2.05, 4.69) is 9.97 Å². The first-order chi connectivity index (χ1) is 14.1. The van der Waals surface area contributed by atoms with Gasteiger partial charge >= 0.3 is 0 Å². The molecule has 1 aliphatic heterocycles. The minimum absolute atomic E-state index is 0.0824. The number of benzene rings is 1. The van der Waals surface area contributed by atoms with Crippen molar-refractivity contribution in [2.45, 2.75) is 5.16 Å². The largest absolute Gasteiger partial charge is 0.493 e. The number of aromatic nitrogens is 2. The first kappa shape index (κ1) is 20.7. The Morgan fingerprint density at radius 1 is 1.38 bits per heavy atom. The average Bonchev–Trinajstić information content (AvgIpc) is 2.77. The molecule has 152 valence electrons. The Kier molecular flexibility index (Phi) is 6.74. The van der Waals surface area contributed by atoms with Crippen LogP contribution in [-0.2, 0) is 9.53 Å². The van der Waals surface area contributed by atoms with Gasteiger partial charge in [0.2, 0.25) is 0 Å². The molecule has 0 atom stereocenters. The summed E-state index contributed by atoms with van der Waals surface area (Å²) >= 11 is 1.27. The number of nitrogens with one attached hydrogen (secondary N) is 1. The van der Waals surface area contributed by atoms with Crippen molar-refractivity contribution in [2.24, 2.45) is 0 Å². The van der Waals surface area contributed by atoms with E-state index in [4.69, 9.17) is 14.2 Å². The van der Waals surface area contributed by atoms with Crippen LogP contribution >= 0.6 is 11.8 Å². The van der Waals surface area contributed by atoms with E-state index in [-0.39, 0.29) is 23.8 Å². The van der Waals surface area contributed by atoms with Gasteiger partial charge in [-0.15, -0.1) is 0 Å². The smallest absolute Gasteiger partial charge is 0.270 e.